The Hall–Kier alpha value is 0. The molecule has 0 spiro atoms. The first-order valence-corrected chi connectivity index (χ1v) is 8.51. The van der Waals surface area contributed by atoms with Gasteiger partial charge in [-0.15, -0.1) is 0 Å². The summed E-state index contributed by atoms with van der Waals surface area (Å²) in [5.74, 6) is 3.68. The van der Waals surface area contributed by atoms with Crippen LogP contribution in [0.2, 0.25) is 0 Å². The number of rotatable bonds is 11. The van der Waals surface area contributed by atoms with E-state index in [1.807, 2.05) is 0 Å². The number of unbranched alkanes of at least 4 members (excludes halogenated alkanes) is 1. The van der Waals surface area contributed by atoms with Gasteiger partial charge in [0, 0.05) is 0 Å². The third-order valence-electron chi connectivity index (χ3n) is 4.69. The molecule has 0 aromatic heterocycles. The van der Waals surface area contributed by atoms with Crippen molar-refractivity contribution in [3.05, 3.63) is 0 Å². The highest BCUT2D eigenvalue weighted by Gasteiger charge is 2.15. The van der Waals surface area contributed by atoms with Gasteiger partial charge in [0.1, 0.15) is 0 Å². The lowest BCUT2D eigenvalue weighted by atomic mass is 9.82. The SMILES string of the molecule is CCCCC(C)C(C)CC(C)CCC(C)CCC. The van der Waals surface area contributed by atoms with Gasteiger partial charge in [-0.1, -0.05) is 86.5 Å². The van der Waals surface area contributed by atoms with E-state index in [9.17, 15) is 0 Å². The van der Waals surface area contributed by atoms with E-state index in [0.29, 0.717) is 0 Å². The molecule has 0 aromatic rings. The van der Waals surface area contributed by atoms with Crippen LogP contribution in [-0.4, -0.2) is 0 Å². The maximum atomic E-state index is 2.46. The topological polar surface area (TPSA) is 0 Å². The summed E-state index contributed by atoms with van der Waals surface area (Å²) in [5.41, 5.74) is 0. The van der Waals surface area contributed by atoms with Crippen molar-refractivity contribution in [3.63, 3.8) is 0 Å². The first-order chi connectivity index (χ1) is 8.51. The molecule has 0 bridgehead atoms. The Bertz CT molecular complexity index is 173. The fraction of sp³-hybridized carbons (Fsp3) is 1.00. The maximum absolute atomic E-state index is 2.46. The Balaban J connectivity index is 3.75. The van der Waals surface area contributed by atoms with Crippen LogP contribution in [0.1, 0.15) is 92.9 Å². The smallest absolute Gasteiger partial charge is 0.0414 e. The van der Waals surface area contributed by atoms with Crippen molar-refractivity contribution in [2.45, 2.75) is 92.9 Å². The van der Waals surface area contributed by atoms with Gasteiger partial charge in [-0.2, -0.15) is 0 Å². The van der Waals surface area contributed by atoms with Crippen molar-refractivity contribution >= 4 is 0 Å². The van der Waals surface area contributed by atoms with Crippen LogP contribution >= 0.6 is 0 Å². The molecule has 0 nitrogen and oxygen atoms in total. The van der Waals surface area contributed by atoms with Crippen LogP contribution in [0.15, 0.2) is 0 Å². The Morgan fingerprint density at radius 1 is 0.611 bits per heavy atom. The quantitative estimate of drug-likeness (QED) is 0.385. The monoisotopic (exact) mass is 254 g/mol. The second kappa shape index (κ2) is 10.9. The van der Waals surface area contributed by atoms with Crippen LogP contribution in [-0.2, 0) is 0 Å². The molecular formula is C18H38. The molecule has 110 valence electrons. The van der Waals surface area contributed by atoms with Gasteiger partial charge in [0.15, 0.2) is 0 Å². The molecule has 0 aliphatic rings. The average molecular weight is 255 g/mol. The van der Waals surface area contributed by atoms with E-state index in [4.69, 9.17) is 0 Å². The molecule has 0 amide bonds. The summed E-state index contributed by atoms with van der Waals surface area (Å²) in [7, 11) is 0. The molecule has 0 aliphatic heterocycles. The second-order valence-corrected chi connectivity index (χ2v) is 6.91. The standard InChI is InChI=1S/C18H38/c1-7-9-11-17(5)18(6)14-16(4)13-12-15(3)10-8-2/h15-18H,7-14H2,1-6H3. The predicted molar refractivity (Wildman–Crippen MR) is 84.9 cm³/mol. The van der Waals surface area contributed by atoms with Gasteiger partial charge in [-0.25, -0.2) is 0 Å². The lowest BCUT2D eigenvalue weighted by Gasteiger charge is -2.24. The largest absolute Gasteiger partial charge is 0.0654 e. The average Bonchev–Trinajstić information content (AvgIpc) is 2.33. The van der Waals surface area contributed by atoms with E-state index in [0.717, 1.165) is 23.7 Å². The molecular weight excluding hydrogens is 216 g/mol. The minimum absolute atomic E-state index is 0.910. The van der Waals surface area contributed by atoms with Crippen LogP contribution in [0.3, 0.4) is 0 Å². The molecule has 0 saturated carbocycles. The van der Waals surface area contributed by atoms with Gasteiger partial charge in [0.05, 0.1) is 0 Å². The minimum atomic E-state index is 0.910. The Morgan fingerprint density at radius 3 is 1.78 bits per heavy atom. The van der Waals surface area contributed by atoms with Crippen LogP contribution in [0.5, 0.6) is 0 Å². The zero-order chi connectivity index (χ0) is 14.0. The highest BCUT2D eigenvalue weighted by Crippen LogP contribution is 2.27. The molecule has 0 heteroatoms. The zero-order valence-electron chi connectivity index (χ0n) is 14.0. The van der Waals surface area contributed by atoms with Gasteiger partial charge in [-0.05, 0) is 30.1 Å². The second-order valence-electron chi connectivity index (χ2n) is 6.91. The Kier molecular flexibility index (Phi) is 10.9. The number of hydrogen-bond acceptors (Lipinski definition) is 0. The van der Waals surface area contributed by atoms with Gasteiger partial charge in [0.2, 0.25) is 0 Å². The molecule has 0 rings (SSSR count). The third-order valence-corrected chi connectivity index (χ3v) is 4.69. The Labute approximate surface area is 117 Å². The molecule has 4 unspecified atom stereocenters. The van der Waals surface area contributed by atoms with Crippen LogP contribution in [0.4, 0.5) is 0 Å². The van der Waals surface area contributed by atoms with Crippen LogP contribution in [0.25, 0.3) is 0 Å². The molecule has 0 radical (unpaired) electrons. The number of hydrogen-bond donors (Lipinski definition) is 0. The molecule has 0 saturated heterocycles. The third kappa shape index (κ3) is 9.00. The van der Waals surface area contributed by atoms with Crippen molar-refractivity contribution in [1.82, 2.24) is 0 Å². The summed E-state index contributed by atoms with van der Waals surface area (Å²) in [6.45, 7) is 14.4. The molecule has 0 fully saturated rings. The fourth-order valence-electron chi connectivity index (χ4n) is 3.00. The molecule has 0 N–H and O–H groups in total. The van der Waals surface area contributed by atoms with Crippen molar-refractivity contribution in [2.24, 2.45) is 23.7 Å². The first kappa shape index (κ1) is 18.0. The maximum Gasteiger partial charge on any atom is -0.0414 e. The predicted octanol–water partition coefficient (Wildman–Crippen LogP) is 6.69. The summed E-state index contributed by atoms with van der Waals surface area (Å²) in [4.78, 5) is 0. The van der Waals surface area contributed by atoms with E-state index in [1.54, 1.807) is 0 Å². The van der Waals surface area contributed by atoms with E-state index < -0.39 is 0 Å². The summed E-state index contributed by atoms with van der Waals surface area (Å²) in [6, 6.07) is 0. The van der Waals surface area contributed by atoms with E-state index in [1.165, 1.54) is 51.4 Å². The van der Waals surface area contributed by atoms with E-state index in [2.05, 4.69) is 41.5 Å². The van der Waals surface area contributed by atoms with Crippen molar-refractivity contribution < 1.29 is 0 Å². The van der Waals surface area contributed by atoms with Crippen molar-refractivity contribution in [1.29, 1.82) is 0 Å². The van der Waals surface area contributed by atoms with Gasteiger partial charge in [0.25, 0.3) is 0 Å². The van der Waals surface area contributed by atoms with Crippen molar-refractivity contribution in [2.75, 3.05) is 0 Å². The lowest BCUT2D eigenvalue weighted by molar-refractivity contribution is 0.276. The van der Waals surface area contributed by atoms with E-state index >= 15 is 0 Å². The minimum Gasteiger partial charge on any atom is -0.0654 e. The summed E-state index contributed by atoms with van der Waals surface area (Å²) < 4.78 is 0. The van der Waals surface area contributed by atoms with E-state index in [-0.39, 0.29) is 0 Å². The Morgan fingerprint density at radius 2 is 1.22 bits per heavy atom. The highest BCUT2D eigenvalue weighted by molar-refractivity contribution is 4.67. The molecule has 0 aliphatic carbocycles. The highest BCUT2D eigenvalue weighted by atomic mass is 14.2. The molecule has 18 heavy (non-hydrogen) atoms. The summed E-state index contributed by atoms with van der Waals surface area (Å²) in [5, 5.41) is 0. The summed E-state index contributed by atoms with van der Waals surface area (Å²) in [6.07, 6.45) is 11.3. The molecule has 0 heterocycles. The van der Waals surface area contributed by atoms with Crippen LogP contribution < -0.4 is 0 Å². The normalized spacial score (nSPS) is 18.3. The van der Waals surface area contributed by atoms with Crippen molar-refractivity contribution in [3.8, 4) is 0 Å². The van der Waals surface area contributed by atoms with Gasteiger partial charge < -0.3 is 0 Å². The lowest BCUT2D eigenvalue weighted by Crippen LogP contribution is -2.12. The van der Waals surface area contributed by atoms with Gasteiger partial charge in [-0.3, -0.25) is 0 Å². The first-order valence-electron chi connectivity index (χ1n) is 8.51. The molecule has 0 aromatic carbocycles. The molecule has 4 atom stereocenters. The van der Waals surface area contributed by atoms with Crippen LogP contribution in [0, 0.1) is 23.7 Å². The summed E-state index contributed by atoms with van der Waals surface area (Å²) >= 11 is 0. The zero-order valence-corrected chi connectivity index (χ0v) is 14.0. The van der Waals surface area contributed by atoms with Gasteiger partial charge >= 0.3 is 0 Å². The fourth-order valence-corrected chi connectivity index (χ4v) is 3.00.